The van der Waals surface area contributed by atoms with Crippen LogP contribution < -0.4 is 10.5 Å². The van der Waals surface area contributed by atoms with Crippen molar-refractivity contribution >= 4 is 27.9 Å². The molecule has 0 aliphatic heterocycles. The lowest BCUT2D eigenvalue weighted by atomic mass is 10.2. The van der Waals surface area contributed by atoms with Gasteiger partial charge >= 0.3 is 0 Å². The minimum absolute atomic E-state index is 0.538. The number of hydrogen-bond acceptors (Lipinski definition) is 4. The van der Waals surface area contributed by atoms with Crippen molar-refractivity contribution in [3.8, 4) is 5.75 Å². The van der Waals surface area contributed by atoms with Gasteiger partial charge in [0, 0.05) is 10.3 Å². The summed E-state index contributed by atoms with van der Waals surface area (Å²) < 4.78 is 5.84. The monoisotopic (exact) mass is 256 g/mol. The fourth-order valence-electron chi connectivity index (χ4n) is 1.83. The summed E-state index contributed by atoms with van der Waals surface area (Å²) in [6.45, 7) is 0.538. The van der Waals surface area contributed by atoms with Crippen LogP contribution in [-0.4, -0.2) is 4.98 Å². The van der Waals surface area contributed by atoms with Crippen LogP contribution in [0.25, 0.3) is 10.9 Å². The first-order valence-electron chi connectivity index (χ1n) is 5.63. The molecule has 4 heteroatoms. The molecular weight excluding hydrogens is 244 g/mol. The number of hydrogen-bond donors (Lipinski definition) is 1. The number of thiophene rings is 1. The lowest BCUT2D eigenvalue weighted by Crippen LogP contribution is -1.99. The van der Waals surface area contributed by atoms with E-state index in [4.69, 9.17) is 10.5 Å². The Bertz CT molecular complexity index is 665. The van der Waals surface area contributed by atoms with Gasteiger partial charge in [-0.05, 0) is 23.6 Å². The second-order valence-corrected chi connectivity index (χ2v) is 4.96. The zero-order chi connectivity index (χ0) is 12.4. The normalized spacial score (nSPS) is 10.7. The SMILES string of the molecule is Nc1cnc2ccccc2c1OCc1cccs1. The molecule has 1 aromatic carbocycles. The third kappa shape index (κ3) is 2.02. The highest BCUT2D eigenvalue weighted by Gasteiger charge is 2.07. The van der Waals surface area contributed by atoms with Crippen molar-refractivity contribution in [2.75, 3.05) is 5.73 Å². The van der Waals surface area contributed by atoms with Crippen molar-refractivity contribution in [2.45, 2.75) is 6.61 Å². The first-order chi connectivity index (χ1) is 8.84. The number of fused-ring (bicyclic) bond motifs is 1. The largest absolute Gasteiger partial charge is 0.485 e. The molecule has 0 saturated carbocycles. The Hall–Kier alpha value is -2.07. The van der Waals surface area contributed by atoms with E-state index >= 15 is 0 Å². The van der Waals surface area contributed by atoms with Crippen LogP contribution in [0.3, 0.4) is 0 Å². The van der Waals surface area contributed by atoms with E-state index in [0.29, 0.717) is 18.0 Å². The topological polar surface area (TPSA) is 48.1 Å². The van der Waals surface area contributed by atoms with Gasteiger partial charge in [0.1, 0.15) is 6.61 Å². The summed E-state index contributed by atoms with van der Waals surface area (Å²) in [6.07, 6.45) is 1.64. The standard InChI is InChI=1S/C14H12N2OS/c15-12-8-16-13-6-2-1-5-11(13)14(12)17-9-10-4-3-7-18-10/h1-8H,9,15H2. The smallest absolute Gasteiger partial charge is 0.153 e. The molecule has 3 nitrogen and oxygen atoms in total. The lowest BCUT2D eigenvalue weighted by molar-refractivity contribution is 0.315. The maximum absolute atomic E-state index is 5.94. The number of nitrogens with zero attached hydrogens (tertiary/aromatic N) is 1. The Morgan fingerprint density at radius 1 is 1.17 bits per heavy atom. The molecule has 2 aromatic heterocycles. The van der Waals surface area contributed by atoms with Crippen LogP contribution in [0, 0.1) is 0 Å². The molecule has 0 spiro atoms. The van der Waals surface area contributed by atoms with Crippen LogP contribution in [0.15, 0.2) is 48.0 Å². The van der Waals surface area contributed by atoms with Gasteiger partial charge in [0.05, 0.1) is 17.4 Å². The van der Waals surface area contributed by atoms with Crippen molar-refractivity contribution in [2.24, 2.45) is 0 Å². The minimum Gasteiger partial charge on any atom is -0.485 e. The number of pyridine rings is 1. The quantitative estimate of drug-likeness (QED) is 0.780. The van der Waals surface area contributed by atoms with Gasteiger partial charge in [0.2, 0.25) is 0 Å². The molecule has 0 fully saturated rings. The first-order valence-corrected chi connectivity index (χ1v) is 6.51. The third-order valence-corrected chi connectivity index (χ3v) is 3.54. The molecule has 0 amide bonds. The van der Waals surface area contributed by atoms with Gasteiger partial charge in [-0.1, -0.05) is 18.2 Å². The molecule has 3 rings (SSSR count). The van der Waals surface area contributed by atoms with Crippen LogP contribution in [-0.2, 0) is 6.61 Å². The fourth-order valence-corrected chi connectivity index (χ4v) is 2.45. The van der Waals surface area contributed by atoms with E-state index in [2.05, 4.69) is 4.98 Å². The molecule has 0 bridgehead atoms. The molecule has 18 heavy (non-hydrogen) atoms. The minimum atomic E-state index is 0.538. The number of rotatable bonds is 3. The van der Waals surface area contributed by atoms with Gasteiger partial charge in [0.25, 0.3) is 0 Å². The Labute approximate surface area is 109 Å². The van der Waals surface area contributed by atoms with Crippen molar-refractivity contribution < 1.29 is 4.74 Å². The van der Waals surface area contributed by atoms with Gasteiger partial charge in [-0.15, -0.1) is 11.3 Å². The maximum Gasteiger partial charge on any atom is 0.153 e. The average Bonchev–Trinajstić information content (AvgIpc) is 2.91. The van der Waals surface area contributed by atoms with Crippen LogP contribution in [0.5, 0.6) is 5.75 Å². The van der Waals surface area contributed by atoms with Gasteiger partial charge < -0.3 is 10.5 Å². The molecule has 0 radical (unpaired) electrons. The van der Waals surface area contributed by atoms with Gasteiger partial charge in [-0.2, -0.15) is 0 Å². The highest BCUT2D eigenvalue weighted by atomic mass is 32.1. The summed E-state index contributed by atoms with van der Waals surface area (Å²) in [4.78, 5) is 5.46. The molecule has 0 aliphatic carbocycles. The summed E-state index contributed by atoms with van der Waals surface area (Å²) in [7, 11) is 0. The van der Waals surface area contributed by atoms with Crippen LogP contribution in [0.2, 0.25) is 0 Å². The summed E-state index contributed by atoms with van der Waals surface area (Å²) in [5.74, 6) is 0.717. The zero-order valence-electron chi connectivity index (χ0n) is 9.67. The number of nitrogen functional groups attached to an aromatic ring is 1. The molecule has 2 heterocycles. The van der Waals surface area contributed by atoms with Crippen molar-refractivity contribution in [3.05, 3.63) is 52.9 Å². The van der Waals surface area contributed by atoms with E-state index in [1.54, 1.807) is 17.5 Å². The Kier molecular flexibility index (Phi) is 2.86. The Morgan fingerprint density at radius 3 is 2.89 bits per heavy atom. The predicted molar refractivity (Wildman–Crippen MR) is 74.8 cm³/mol. The highest BCUT2D eigenvalue weighted by Crippen LogP contribution is 2.30. The molecule has 90 valence electrons. The highest BCUT2D eigenvalue weighted by molar-refractivity contribution is 7.09. The summed E-state index contributed by atoms with van der Waals surface area (Å²) >= 11 is 1.67. The predicted octanol–water partition coefficient (Wildman–Crippen LogP) is 3.46. The van der Waals surface area contributed by atoms with Crippen LogP contribution in [0.1, 0.15) is 4.88 Å². The lowest BCUT2D eigenvalue weighted by Gasteiger charge is -2.10. The average molecular weight is 256 g/mol. The van der Waals surface area contributed by atoms with Gasteiger partial charge in [-0.3, -0.25) is 4.98 Å². The number of para-hydroxylation sites is 1. The number of anilines is 1. The molecule has 0 aliphatic rings. The maximum atomic E-state index is 5.94. The van der Waals surface area contributed by atoms with E-state index < -0.39 is 0 Å². The summed E-state index contributed by atoms with van der Waals surface area (Å²) in [6, 6.07) is 11.9. The molecule has 0 unspecified atom stereocenters. The van der Waals surface area contributed by atoms with Crippen molar-refractivity contribution in [1.82, 2.24) is 4.98 Å². The van der Waals surface area contributed by atoms with E-state index in [1.165, 1.54) is 4.88 Å². The number of ether oxygens (including phenoxy) is 1. The van der Waals surface area contributed by atoms with Gasteiger partial charge in [0.15, 0.2) is 5.75 Å². The second kappa shape index (κ2) is 4.66. The van der Waals surface area contributed by atoms with Gasteiger partial charge in [-0.25, -0.2) is 0 Å². The third-order valence-electron chi connectivity index (χ3n) is 2.69. The summed E-state index contributed by atoms with van der Waals surface area (Å²) in [5, 5.41) is 2.99. The Morgan fingerprint density at radius 2 is 2.06 bits per heavy atom. The Balaban J connectivity index is 1.97. The molecule has 0 atom stereocenters. The van der Waals surface area contributed by atoms with E-state index in [-0.39, 0.29) is 0 Å². The second-order valence-electron chi connectivity index (χ2n) is 3.93. The van der Waals surface area contributed by atoms with Crippen molar-refractivity contribution in [3.63, 3.8) is 0 Å². The molecular formula is C14H12N2OS. The van der Waals surface area contributed by atoms with Crippen molar-refractivity contribution in [1.29, 1.82) is 0 Å². The fraction of sp³-hybridized carbons (Fsp3) is 0.0714. The summed E-state index contributed by atoms with van der Waals surface area (Å²) in [5.41, 5.74) is 7.41. The van der Waals surface area contributed by atoms with Crippen LogP contribution >= 0.6 is 11.3 Å². The first kappa shape index (κ1) is 11.0. The molecule has 2 N–H and O–H groups in total. The van der Waals surface area contributed by atoms with Crippen LogP contribution in [0.4, 0.5) is 5.69 Å². The van der Waals surface area contributed by atoms with E-state index in [1.807, 2.05) is 41.8 Å². The van der Waals surface area contributed by atoms with E-state index in [0.717, 1.165) is 10.9 Å². The number of aromatic nitrogens is 1. The number of nitrogens with two attached hydrogens (primary N) is 1. The molecule has 3 aromatic rings. The van der Waals surface area contributed by atoms with E-state index in [9.17, 15) is 0 Å². The molecule has 0 saturated heterocycles. The number of benzene rings is 1. The zero-order valence-corrected chi connectivity index (χ0v) is 10.5.